The molecule has 0 unspecified atom stereocenters. The average molecular weight is 181 g/mol. The summed E-state index contributed by atoms with van der Waals surface area (Å²) in [4.78, 5) is 0. The summed E-state index contributed by atoms with van der Waals surface area (Å²) >= 11 is 0. The second kappa shape index (κ2) is 5.36. The smallest absolute Gasteiger partial charge is 0.123 e. The Morgan fingerprint density at radius 3 is 2.31 bits per heavy atom. The van der Waals surface area contributed by atoms with Gasteiger partial charge in [-0.05, 0) is 30.7 Å². The lowest BCUT2D eigenvalue weighted by Crippen LogP contribution is -1.92. The Bertz CT molecular complexity index is 292. The first-order valence-electron chi connectivity index (χ1n) is 4.32. The van der Waals surface area contributed by atoms with Gasteiger partial charge in [0, 0.05) is 11.3 Å². The van der Waals surface area contributed by atoms with Gasteiger partial charge in [0.2, 0.25) is 0 Å². The van der Waals surface area contributed by atoms with Crippen molar-refractivity contribution in [3.8, 4) is 0 Å². The minimum atomic E-state index is -0.280. The van der Waals surface area contributed by atoms with Crippen molar-refractivity contribution < 1.29 is 4.39 Å². The van der Waals surface area contributed by atoms with E-state index >= 15 is 0 Å². The molecule has 1 rings (SSSR count). The molecule has 0 saturated carbocycles. The number of anilines is 1. The van der Waals surface area contributed by atoms with Crippen molar-refractivity contribution in [2.75, 3.05) is 5.73 Å². The maximum absolute atomic E-state index is 12.6. The summed E-state index contributed by atoms with van der Waals surface area (Å²) < 4.78 is 12.6. The van der Waals surface area contributed by atoms with Crippen molar-refractivity contribution in [2.45, 2.75) is 20.8 Å². The van der Waals surface area contributed by atoms with Crippen LogP contribution in [0.4, 0.5) is 10.1 Å². The zero-order chi connectivity index (χ0) is 10.4. The van der Waals surface area contributed by atoms with Gasteiger partial charge < -0.3 is 5.73 Å². The van der Waals surface area contributed by atoms with Crippen LogP contribution < -0.4 is 5.73 Å². The first-order chi connectivity index (χ1) is 6.11. The third-order valence-electron chi connectivity index (χ3n) is 1.48. The molecule has 2 heteroatoms. The number of halogens is 1. The van der Waals surface area contributed by atoms with Gasteiger partial charge in [-0.3, -0.25) is 0 Å². The molecular formula is C11H16FN. The van der Waals surface area contributed by atoms with Crippen LogP contribution in [0.1, 0.15) is 26.3 Å². The summed E-state index contributed by atoms with van der Waals surface area (Å²) in [5, 5.41) is 0. The van der Waals surface area contributed by atoms with Gasteiger partial charge >= 0.3 is 0 Å². The Balaban J connectivity index is 0.000000671. The molecule has 1 nitrogen and oxygen atoms in total. The van der Waals surface area contributed by atoms with E-state index in [0.717, 1.165) is 5.57 Å². The minimum absolute atomic E-state index is 0.280. The second-order valence-electron chi connectivity index (χ2n) is 2.51. The van der Waals surface area contributed by atoms with Gasteiger partial charge in [-0.15, -0.1) is 0 Å². The number of nitrogens with two attached hydrogens (primary N) is 1. The van der Waals surface area contributed by atoms with Crippen LogP contribution >= 0.6 is 0 Å². The molecule has 1 aromatic carbocycles. The van der Waals surface area contributed by atoms with Crippen LogP contribution in [-0.4, -0.2) is 0 Å². The molecule has 0 spiro atoms. The quantitative estimate of drug-likeness (QED) is 0.659. The van der Waals surface area contributed by atoms with Crippen molar-refractivity contribution in [1.29, 1.82) is 0 Å². The van der Waals surface area contributed by atoms with Crippen LogP contribution in [-0.2, 0) is 0 Å². The van der Waals surface area contributed by atoms with Gasteiger partial charge in [-0.25, -0.2) is 4.39 Å². The zero-order valence-electron chi connectivity index (χ0n) is 8.39. The van der Waals surface area contributed by atoms with Crippen LogP contribution in [0.25, 0.3) is 5.57 Å². The predicted molar refractivity (Wildman–Crippen MR) is 56.9 cm³/mol. The molecule has 0 atom stereocenters. The molecule has 2 N–H and O–H groups in total. The fourth-order valence-electron chi connectivity index (χ4n) is 0.898. The first kappa shape index (κ1) is 11.7. The molecule has 0 bridgehead atoms. The molecule has 0 aliphatic carbocycles. The van der Waals surface area contributed by atoms with E-state index in [1.165, 1.54) is 12.1 Å². The SMILES string of the molecule is C=C(C)c1cc(F)ccc1N.CC. The lowest BCUT2D eigenvalue weighted by molar-refractivity contribution is 0.627. The molecule has 0 saturated heterocycles. The van der Waals surface area contributed by atoms with Gasteiger partial charge in [0.1, 0.15) is 5.82 Å². The summed E-state index contributed by atoms with van der Waals surface area (Å²) in [5.74, 6) is -0.280. The molecule has 0 heterocycles. The number of nitrogen functional groups attached to an aromatic ring is 1. The summed E-state index contributed by atoms with van der Waals surface area (Å²) in [5.41, 5.74) is 7.60. The van der Waals surface area contributed by atoms with Crippen molar-refractivity contribution in [2.24, 2.45) is 0 Å². The third kappa shape index (κ3) is 3.28. The molecule has 1 aromatic rings. The number of benzene rings is 1. The van der Waals surface area contributed by atoms with E-state index in [2.05, 4.69) is 6.58 Å². The van der Waals surface area contributed by atoms with E-state index in [0.29, 0.717) is 11.3 Å². The van der Waals surface area contributed by atoms with E-state index < -0.39 is 0 Å². The summed E-state index contributed by atoms with van der Waals surface area (Å²) in [6, 6.07) is 4.26. The maximum atomic E-state index is 12.6. The highest BCUT2D eigenvalue weighted by Crippen LogP contribution is 2.20. The van der Waals surface area contributed by atoms with Crippen molar-refractivity contribution >= 4 is 11.3 Å². The minimum Gasteiger partial charge on any atom is -0.398 e. The van der Waals surface area contributed by atoms with Gasteiger partial charge in [0.05, 0.1) is 0 Å². The van der Waals surface area contributed by atoms with Gasteiger partial charge in [0.25, 0.3) is 0 Å². The molecular weight excluding hydrogens is 165 g/mol. The first-order valence-corrected chi connectivity index (χ1v) is 4.32. The molecule has 13 heavy (non-hydrogen) atoms. The molecule has 0 aliphatic heterocycles. The Morgan fingerprint density at radius 1 is 1.38 bits per heavy atom. The largest absolute Gasteiger partial charge is 0.398 e. The number of hydrogen-bond donors (Lipinski definition) is 1. The second-order valence-corrected chi connectivity index (χ2v) is 2.51. The number of allylic oxidation sites excluding steroid dienone is 1. The van der Waals surface area contributed by atoms with E-state index in [1.807, 2.05) is 13.8 Å². The maximum Gasteiger partial charge on any atom is 0.123 e. The monoisotopic (exact) mass is 181 g/mol. The Hall–Kier alpha value is -1.31. The van der Waals surface area contributed by atoms with Crippen molar-refractivity contribution in [3.05, 3.63) is 36.2 Å². The highest BCUT2D eigenvalue weighted by Gasteiger charge is 2.00. The lowest BCUT2D eigenvalue weighted by atomic mass is 10.1. The topological polar surface area (TPSA) is 26.0 Å². The zero-order valence-corrected chi connectivity index (χ0v) is 8.39. The molecule has 72 valence electrons. The Kier molecular flexibility index (Phi) is 4.82. The summed E-state index contributed by atoms with van der Waals surface area (Å²) in [6.45, 7) is 9.48. The van der Waals surface area contributed by atoms with E-state index in [4.69, 9.17) is 5.73 Å². The van der Waals surface area contributed by atoms with Crippen LogP contribution in [0.15, 0.2) is 24.8 Å². The van der Waals surface area contributed by atoms with Crippen LogP contribution in [0, 0.1) is 5.82 Å². The summed E-state index contributed by atoms with van der Waals surface area (Å²) in [6.07, 6.45) is 0. The Morgan fingerprint density at radius 2 is 1.92 bits per heavy atom. The van der Waals surface area contributed by atoms with Gasteiger partial charge in [-0.2, -0.15) is 0 Å². The third-order valence-corrected chi connectivity index (χ3v) is 1.48. The van der Waals surface area contributed by atoms with Gasteiger partial charge in [-0.1, -0.05) is 20.4 Å². The van der Waals surface area contributed by atoms with Crippen molar-refractivity contribution in [3.63, 3.8) is 0 Å². The van der Waals surface area contributed by atoms with Crippen molar-refractivity contribution in [1.82, 2.24) is 0 Å². The fraction of sp³-hybridized carbons (Fsp3) is 0.273. The Labute approximate surface area is 79.1 Å². The highest BCUT2D eigenvalue weighted by molar-refractivity contribution is 5.72. The van der Waals surface area contributed by atoms with Crippen LogP contribution in [0.2, 0.25) is 0 Å². The normalized spacial score (nSPS) is 8.62. The molecule has 0 amide bonds. The van der Waals surface area contributed by atoms with E-state index in [9.17, 15) is 4.39 Å². The molecule has 0 radical (unpaired) electrons. The van der Waals surface area contributed by atoms with E-state index in [-0.39, 0.29) is 5.82 Å². The standard InChI is InChI=1S/C9H10FN.C2H6/c1-6(2)8-5-7(10)3-4-9(8)11;1-2/h3-5H,1,11H2,2H3;1-2H3. The van der Waals surface area contributed by atoms with Crippen LogP contribution in [0.3, 0.4) is 0 Å². The van der Waals surface area contributed by atoms with Crippen LogP contribution in [0.5, 0.6) is 0 Å². The predicted octanol–water partition coefficient (Wildman–Crippen LogP) is 3.47. The number of hydrogen-bond acceptors (Lipinski definition) is 1. The lowest BCUT2D eigenvalue weighted by Gasteiger charge is -2.03. The summed E-state index contributed by atoms with van der Waals surface area (Å²) in [7, 11) is 0. The van der Waals surface area contributed by atoms with E-state index in [1.54, 1.807) is 13.0 Å². The molecule has 0 fully saturated rings. The highest BCUT2D eigenvalue weighted by atomic mass is 19.1. The molecule has 0 aliphatic rings. The van der Waals surface area contributed by atoms with Gasteiger partial charge in [0.15, 0.2) is 0 Å². The molecule has 0 aromatic heterocycles. The number of rotatable bonds is 1. The fourth-order valence-corrected chi connectivity index (χ4v) is 0.898. The average Bonchev–Trinajstić information content (AvgIpc) is 2.12.